The minimum atomic E-state index is -0.947. The lowest BCUT2D eigenvalue weighted by molar-refractivity contribution is 0.0644. The molecular formula is C15H18N4O3. The molecule has 2 rings (SSSR count). The fourth-order valence-corrected chi connectivity index (χ4v) is 2.17. The summed E-state index contributed by atoms with van der Waals surface area (Å²) in [6.45, 7) is 0.702. The van der Waals surface area contributed by atoms with Gasteiger partial charge in [-0.3, -0.25) is 0 Å². The van der Waals surface area contributed by atoms with Gasteiger partial charge in [-0.2, -0.15) is 0 Å². The van der Waals surface area contributed by atoms with Gasteiger partial charge in [0.1, 0.15) is 6.61 Å². The molecule has 0 unspecified atom stereocenters. The number of rotatable bonds is 3. The van der Waals surface area contributed by atoms with Crippen LogP contribution in [0.25, 0.3) is 10.4 Å². The van der Waals surface area contributed by atoms with E-state index in [-0.39, 0.29) is 13.2 Å². The van der Waals surface area contributed by atoms with E-state index in [1.165, 1.54) is 4.90 Å². The summed E-state index contributed by atoms with van der Waals surface area (Å²) < 4.78 is 5.26. The molecule has 7 nitrogen and oxygen atoms in total. The summed E-state index contributed by atoms with van der Waals surface area (Å²) in [5.74, 6) is 0. The van der Waals surface area contributed by atoms with Gasteiger partial charge in [0, 0.05) is 11.5 Å². The van der Waals surface area contributed by atoms with Gasteiger partial charge in [-0.05, 0) is 17.5 Å². The van der Waals surface area contributed by atoms with Gasteiger partial charge in [0.05, 0.1) is 18.7 Å². The van der Waals surface area contributed by atoms with Crippen molar-refractivity contribution in [3.05, 3.63) is 58.5 Å². The van der Waals surface area contributed by atoms with Crippen LogP contribution in [0, 0.1) is 0 Å². The molecule has 116 valence electrons. The van der Waals surface area contributed by atoms with Crippen LogP contribution in [-0.2, 0) is 11.3 Å². The number of β-amino-alcohol motifs (C(OH)–C–C–N with tert-alkyl or cyclic N) is 1. The molecule has 0 saturated carbocycles. The van der Waals surface area contributed by atoms with Gasteiger partial charge >= 0.3 is 6.09 Å². The second-order valence-corrected chi connectivity index (χ2v) is 4.97. The summed E-state index contributed by atoms with van der Waals surface area (Å²) in [5, 5.41) is 13.6. The zero-order valence-corrected chi connectivity index (χ0v) is 12.1. The van der Waals surface area contributed by atoms with Gasteiger partial charge in [0.2, 0.25) is 0 Å². The highest BCUT2D eigenvalue weighted by Gasteiger charge is 2.24. The van der Waals surface area contributed by atoms with E-state index in [0.29, 0.717) is 13.0 Å². The van der Waals surface area contributed by atoms with Crippen LogP contribution in [-0.4, -0.2) is 41.3 Å². The molecule has 1 aliphatic rings. The lowest BCUT2D eigenvalue weighted by Gasteiger charge is -2.27. The van der Waals surface area contributed by atoms with Gasteiger partial charge in [0.15, 0.2) is 0 Å². The predicted molar refractivity (Wildman–Crippen MR) is 80.9 cm³/mol. The summed E-state index contributed by atoms with van der Waals surface area (Å²) in [6, 6.07) is 8.71. The number of azide groups is 1. The summed E-state index contributed by atoms with van der Waals surface area (Å²) in [4.78, 5) is 16.2. The third-order valence-electron chi connectivity index (χ3n) is 3.35. The molecule has 0 aliphatic carbocycles. The minimum absolute atomic E-state index is 0.0711. The molecule has 7 heteroatoms. The Kier molecular flexibility index (Phi) is 5.82. The number of carbonyl (C=O) groups excluding carboxylic acids is 1. The maximum absolute atomic E-state index is 12.1. The molecule has 0 radical (unpaired) electrons. The van der Waals surface area contributed by atoms with E-state index < -0.39 is 18.2 Å². The third kappa shape index (κ3) is 4.51. The van der Waals surface area contributed by atoms with Gasteiger partial charge in [-0.15, -0.1) is 0 Å². The van der Waals surface area contributed by atoms with E-state index in [1.807, 2.05) is 30.3 Å². The van der Waals surface area contributed by atoms with E-state index in [1.54, 1.807) is 12.2 Å². The molecule has 1 aliphatic heterocycles. The molecule has 0 bridgehead atoms. The average molecular weight is 302 g/mol. The van der Waals surface area contributed by atoms with E-state index in [2.05, 4.69) is 10.0 Å². The van der Waals surface area contributed by atoms with Crippen LogP contribution in [0.15, 0.2) is 47.6 Å². The number of ether oxygens (including phenoxy) is 1. The first-order chi connectivity index (χ1) is 10.7. The van der Waals surface area contributed by atoms with Gasteiger partial charge in [-0.1, -0.05) is 47.6 Å². The number of aliphatic hydroxyl groups is 1. The zero-order valence-electron chi connectivity index (χ0n) is 12.1. The first-order valence-electron chi connectivity index (χ1n) is 7.05. The average Bonchev–Trinajstić information content (AvgIpc) is 2.53. The molecule has 1 aromatic carbocycles. The Balaban J connectivity index is 1.94. The number of amides is 1. The molecule has 2 atom stereocenters. The molecule has 0 spiro atoms. The Morgan fingerprint density at radius 1 is 1.45 bits per heavy atom. The SMILES string of the molecule is [N-]=[N+]=N[C@@H]1/C=C\CCN(C(=O)OCc2ccccc2)C[C@H]1O. The van der Waals surface area contributed by atoms with Crippen molar-refractivity contribution in [3.8, 4) is 0 Å². The molecule has 0 aromatic heterocycles. The van der Waals surface area contributed by atoms with Crippen molar-refractivity contribution in [1.82, 2.24) is 4.90 Å². The molecular weight excluding hydrogens is 284 g/mol. The van der Waals surface area contributed by atoms with Gasteiger partial charge < -0.3 is 14.7 Å². The van der Waals surface area contributed by atoms with Crippen molar-refractivity contribution in [2.24, 2.45) is 5.11 Å². The second kappa shape index (κ2) is 8.07. The van der Waals surface area contributed by atoms with Crippen molar-refractivity contribution in [2.45, 2.75) is 25.2 Å². The van der Waals surface area contributed by atoms with Crippen LogP contribution < -0.4 is 0 Å². The Hall–Kier alpha value is -2.50. The van der Waals surface area contributed by atoms with E-state index in [4.69, 9.17) is 10.3 Å². The van der Waals surface area contributed by atoms with E-state index in [0.717, 1.165) is 5.56 Å². The van der Waals surface area contributed by atoms with Crippen LogP contribution in [0.4, 0.5) is 4.79 Å². The van der Waals surface area contributed by atoms with Crippen molar-refractivity contribution in [2.75, 3.05) is 13.1 Å². The lowest BCUT2D eigenvalue weighted by Crippen LogP contribution is -2.42. The third-order valence-corrected chi connectivity index (χ3v) is 3.35. The van der Waals surface area contributed by atoms with E-state index >= 15 is 0 Å². The van der Waals surface area contributed by atoms with Crippen LogP contribution in [0.5, 0.6) is 0 Å². The molecule has 22 heavy (non-hydrogen) atoms. The normalized spacial score (nSPS) is 22.9. The monoisotopic (exact) mass is 302 g/mol. The number of carbonyl (C=O) groups is 1. The minimum Gasteiger partial charge on any atom is -0.445 e. The Bertz CT molecular complexity index is 569. The Labute approximate surface area is 128 Å². The fraction of sp³-hybridized carbons (Fsp3) is 0.400. The van der Waals surface area contributed by atoms with Gasteiger partial charge in [-0.25, -0.2) is 4.79 Å². The Morgan fingerprint density at radius 3 is 2.95 bits per heavy atom. The number of hydrogen-bond acceptors (Lipinski definition) is 4. The van der Waals surface area contributed by atoms with Crippen LogP contribution >= 0.6 is 0 Å². The van der Waals surface area contributed by atoms with E-state index in [9.17, 15) is 9.90 Å². The predicted octanol–water partition coefficient (Wildman–Crippen LogP) is 2.62. The molecule has 1 heterocycles. The summed E-state index contributed by atoms with van der Waals surface area (Å²) in [7, 11) is 0. The van der Waals surface area contributed by atoms with Crippen molar-refractivity contribution in [1.29, 1.82) is 0 Å². The van der Waals surface area contributed by atoms with Crippen molar-refractivity contribution in [3.63, 3.8) is 0 Å². The second-order valence-electron chi connectivity index (χ2n) is 4.97. The van der Waals surface area contributed by atoms with Crippen molar-refractivity contribution < 1.29 is 14.6 Å². The highest BCUT2D eigenvalue weighted by Crippen LogP contribution is 2.11. The smallest absolute Gasteiger partial charge is 0.410 e. The van der Waals surface area contributed by atoms with Crippen LogP contribution in [0.2, 0.25) is 0 Å². The highest BCUT2D eigenvalue weighted by atomic mass is 16.6. The van der Waals surface area contributed by atoms with Gasteiger partial charge in [0.25, 0.3) is 0 Å². The Morgan fingerprint density at radius 2 is 2.23 bits per heavy atom. The first kappa shape index (κ1) is 15.9. The molecule has 1 aromatic rings. The molecule has 0 fully saturated rings. The van der Waals surface area contributed by atoms with Crippen LogP contribution in [0.1, 0.15) is 12.0 Å². The number of aliphatic hydroxyl groups excluding tert-OH is 1. The number of benzene rings is 1. The quantitative estimate of drug-likeness (QED) is 0.402. The zero-order chi connectivity index (χ0) is 15.8. The summed E-state index contributed by atoms with van der Waals surface area (Å²) >= 11 is 0. The fourth-order valence-electron chi connectivity index (χ4n) is 2.17. The summed E-state index contributed by atoms with van der Waals surface area (Å²) in [5.41, 5.74) is 9.39. The van der Waals surface area contributed by atoms with Crippen LogP contribution in [0.3, 0.4) is 0 Å². The number of hydrogen-bond donors (Lipinski definition) is 1. The maximum Gasteiger partial charge on any atom is 0.410 e. The molecule has 1 N–H and O–H groups in total. The standard InChI is InChI=1S/C15H18N4O3/c16-18-17-13-8-4-5-9-19(10-14(13)20)15(21)22-11-12-6-2-1-3-7-12/h1-4,6-8,13-14,20H,5,9-11H2/b8-4-/t13-,14-/m1/s1. The topological polar surface area (TPSA) is 98.5 Å². The maximum atomic E-state index is 12.1. The largest absolute Gasteiger partial charge is 0.445 e. The highest BCUT2D eigenvalue weighted by molar-refractivity contribution is 5.67. The summed E-state index contributed by atoms with van der Waals surface area (Å²) in [6.07, 6.45) is 2.63. The first-order valence-corrected chi connectivity index (χ1v) is 7.05. The lowest BCUT2D eigenvalue weighted by atomic mass is 10.1. The molecule has 1 amide bonds. The van der Waals surface area contributed by atoms with Crippen molar-refractivity contribution >= 4 is 6.09 Å². The number of nitrogens with zero attached hydrogens (tertiary/aromatic N) is 4. The molecule has 0 saturated heterocycles.